The third-order valence-corrected chi connectivity index (χ3v) is 6.16. The molecule has 6 nitrogen and oxygen atoms in total. The minimum Gasteiger partial charge on any atom is -0.333 e. The Morgan fingerprint density at radius 2 is 2.07 bits per heavy atom. The zero-order valence-corrected chi connectivity index (χ0v) is 15.8. The molecule has 1 spiro atoms. The summed E-state index contributed by atoms with van der Waals surface area (Å²) in [4.78, 5) is 32.9. The molecule has 2 amide bonds. The van der Waals surface area contributed by atoms with Gasteiger partial charge in [0.05, 0.1) is 11.5 Å². The summed E-state index contributed by atoms with van der Waals surface area (Å²) in [7, 11) is 0. The first kappa shape index (κ1) is 17.0. The number of nitrogens with one attached hydrogen (secondary N) is 1. The zero-order valence-electron chi connectivity index (χ0n) is 15.8. The molecule has 0 aliphatic carbocycles. The van der Waals surface area contributed by atoms with Gasteiger partial charge in [-0.2, -0.15) is 0 Å². The van der Waals surface area contributed by atoms with E-state index in [1.54, 1.807) is 6.20 Å². The minimum atomic E-state index is -0.665. The fraction of sp³-hybridized carbons (Fsp3) is 0.318. The number of nitrogens with zero attached hydrogens (tertiary/aromatic N) is 3. The fourth-order valence-corrected chi connectivity index (χ4v) is 4.91. The Labute approximate surface area is 163 Å². The summed E-state index contributed by atoms with van der Waals surface area (Å²) >= 11 is 0. The Hall–Kier alpha value is -3.15. The molecule has 1 aromatic carbocycles. The van der Waals surface area contributed by atoms with Crippen molar-refractivity contribution in [2.24, 2.45) is 0 Å². The SMILES string of the molecule is CCC[C@@H]1N(C(=O)c2cn3ccccc3n2)CC[C@@]12C(=O)Nc1ccccc12. The number of carbonyl (C=O) groups is 2. The molecule has 0 unspecified atom stereocenters. The molecule has 142 valence electrons. The molecule has 0 bridgehead atoms. The summed E-state index contributed by atoms with van der Waals surface area (Å²) in [5.41, 5.74) is 2.40. The number of fused-ring (bicyclic) bond motifs is 3. The van der Waals surface area contributed by atoms with Crippen molar-refractivity contribution in [3.8, 4) is 0 Å². The van der Waals surface area contributed by atoms with E-state index in [2.05, 4.69) is 17.2 Å². The van der Waals surface area contributed by atoms with E-state index in [0.717, 1.165) is 29.7 Å². The molecule has 28 heavy (non-hydrogen) atoms. The quantitative estimate of drug-likeness (QED) is 0.765. The second kappa shape index (κ2) is 6.19. The Balaban J connectivity index is 1.56. The van der Waals surface area contributed by atoms with Crippen LogP contribution in [0.15, 0.2) is 54.9 Å². The first-order valence-corrected chi connectivity index (χ1v) is 9.81. The summed E-state index contributed by atoms with van der Waals surface area (Å²) in [6, 6.07) is 13.4. The van der Waals surface area contributed by atoms with E-state index in [1.165, 1.54) is 0 Å². The molecule has 0 saturated carbocycles. The van der Waals surface area contributed by atoms with Gasteiger partial charge in [-0.15, -0.1) is 0 Å². The van der Waals surface area contributed by atoms with E-state index in [4.69, 9.17) is 0 Å². The van der Waals surface area contributed by atoms with Crippen molar-refractivity contribution < 1.29 is 9.59 Å². The summed E-state index contributed by atoms with van der Waals surface area (Å²) in [6.45, 7) is 2.65. The summed E-state index contributed by atoms with van der Waals surface area (Å²) in [5.74, 6) is -0.0892. The van der Waals surface area contributed by atoms with Gasteiger partial charge in [-0.3, -0.25) is 9.59 Å². The van der Waals surface area contributed by atoms with Crippen LogP contribution >= 0.6 is 0 Å². The monoisotopic (exact) mass is 374 g/mol. The zero-order chi connectivity index (χ0) is 19.3. The lowest BCUT2D eigenvalue weighted by atomic mass is 9.73. The average molecular weight is 374 g/mol. The molecular formula is C22H22N4O2. The molecule has 0 radical (unpaired) electrons. The number of rotatable bonds is 3. The van der Waals surface area contributed by atoms with Gasteiger partial charge in [0.2, 0.25) is 5.91 Å². The first-order valence-electron chi connectivity index (χ1n) is 9.81. The summed E-state index contributed by atoms with van der Waals surface area (Å²) in [6.07, 6.45) is 5.97. The van der Waals surface area contributed by atoms with E-state index in [-0.39, 0.29) is 17.9 Å². The molecular weight excluding hydrogens is 352 g/mol. The number of anilines is 1. The fourth-order valence-electron chi connectivity index (χ4n) is 4.91. The maximum absolute atomic E-state index is 13.4. The van der Waals surface area contributed by atoms with E-state index in [1.807, 2.05) is 58.0 Å². The van der Waals surface area contributed by atoms with Crippen LogP contribution in [0, 0.1) is 0 Å². The van der Waals surface area contributed by atoms with Crippen molar-refractivity contribution in [2.45, 2.75) is 37.6 Å². The highest BCUT2D eigenvalue weighted by atomic mass is 16.2. The molecule has 1 N–H and O–H groups in total. The lowest BCUT2D eigenvalue weighted by Gasteiger charge is -2.33. The number of aromatic nitrogens is 2. The Kier molecular flexibility index (Phi) is 3.75. The molecule has 3 aromatic rings. The van der Waals surface area contributed by atoms with E-state index in [9.17, 15) is 9.59 Å². The van der Waals surface area contributed by atoms with Crippen molar-refractivity contribution in [1.29, 1.82) is 0 Å². The molecule has 6 heteroatoms. The van der Waals surface area contributed by atoms with Crippen molar-refractivity contribution >= 4 is 23.1 Å². The van der Waals surface area contributed by atoms with Gasteiger partial charge in [0, 0.05) is 24.6 Å². The number of amides is 2. The van der Waals surface area contributed by atoms with Gasteiger partial charge in [-0.1, -0.05) is 37.6 Å². The van der Waals surface area contributed by atoms with Crippen LogP contribution in [0.5, 0.6) is 0 Å². The normalized spacial score (nSPS) is 23.4. The number of hydrogen-bond acceptors (Lipinski definition) is 3. The summed E-state index contributed by atoms with van der Waals surface area (Å²) in [5, 5.41) is 3.04. The smallest absolute Gasteiger partial charge is 0.274 e. The van der Waals surface area contributed by atoms with Crippen LogP contribution in [-0.4, -0.2) is 38.7 Å². The molecule has 1 fully saturated rings. The lowest BCUT2D eigenvalue weighted by Crippen LogP contribution is -2.48. The summed E-state index contributed by atoms with van der Waals surface area (Å²) < 4.78 is 1.85. The number of pyridine rings is 1. The van der Waals surface area contributed by atoms with Crippen LogP contribution in [0.1, 0.15) is 42.2 Å². The van der Waals surface area contributed by atoms with Gasteiger partial charge in [0.25, 0.3) is 5.91 Å². The van der Waals surface area contributed by atoms with Gasteiger partial charge in [-0.25, -0.2) is 4.98 Å². The predicted molar refractivity (Wildman–Crippen MR) is 106 cm³/mol. The molecule has 5 rings (SSSR count). The van der Waals surface area contributed by atoms with Crippen molar-refractivity contribution in [3.63, 3.8) is 0 Å². The lowest BCUT2D eigenvalue weighted by molar-refractivity contribution is -0.121. The number of imidazole rings is 1. The van der Waals surface area contributed by atoms with Crippen LogP contribution in [0.3, 0.4) is 0 Å². The molecule has 2 aliphatic heterocycles. The maximum Gasteiger partial charge on any atom is 0.274 e. The second-order valence-electron chi connectivity index (χ2n) is 7.62. The minimum absolute atomic E-state index is 0.0115. The maximum atomic E-state index is 13.4. The number of likely N-dealkylation sites (tertiary alicyclic amines) is 1. The van der Waals surface area contributed by atoms with Gasteiger partial charge >= 0.3 is 0 Å². The Morgan fingerprint density at radius 1 is 1.25 bits per heavy atom. The molecule has 2 aliphatic rings. The molecule has 2 aromatic heterocycles. The van der Waals surface area contributed by atoms with Gasteiger partial charge in [0.1, 0.15) is 11.3 Å². The average Bonchev–Trinajstić information content (AvgIpc) is 3.38. The molecule has 1 saturated heterocycles. The first-order chi connectivity index (χ1) is 13.6. The molecule has 2 atom stereocenters. The van der Waals surface area contributed by atoms with E-state index < -0.39 is 5.41 Å². The van der Waals surface area contributed by atoms with Crippen LogP contribution < -0.4 is 5.32 Å². The van der Waals surface area contributed by atoms with E-state index >= 15 is 0 Å². The van der Waals surface area contributed by atoms with Gasteiger partial charge in [-0.05, 0) is 36.6 Å². The second-order valence-corrected chi connectivity index (χ2v) is 7.62. The van der Waals surface area contributed by atoms with Crippen molar-refractivity contribution in [1.82, 2.24) is 14.3 Å². The predicted octanol–water partition coefficient (Wildman–Crippen LogP) is 3.24. The molecule has 4 heterocycles. The Bertz CT molecular complexity index is 1060. The van der Waals surface area contributed by atoms with Crippen molar-refractivity contribution in [3.05, 3.63) is 66.1 Å². The third-order valence-electron chi connectivity index (χ3n) is 6.16. The number of para-hydroxylation sites is 1. The van der Waals surface area contributed by atoms with Gasteiger partial charge < -0.3 is 14.6 Å². The number of benzene rings is 1. The van der Waals surface area contributed by atoms with Crippen LogP contribution in [0.4, 0.5) is 5.69 Å². The van der Waals surface area contributed by atoms with Gasteiger partial charge in [0.15, 0.2) is 0 Å². The third kappa shape index (κ3) is 2.24. The highest BCUT2D eigenvalue weighted by molar-refractivity contribution is 6.08. The number of hydrogen-bond donors (Lipinski definition) is 1. The van der Waals surface area contributed by atoms with Crippen molar-refractivity contribution in [2.75, 3.05) is 11.9 Å². The Morgan fingerprint density at radius 3 is 2.89 bits per heavy atom. The van der Waals surface area contributed by atoms with Crippen LogP contribution in [-0.2, 0) is 10.2 Å². The standard InChI is InChI=1S/C22H22N4O2/c1-2-7-18-22(15-8-3-4-9-16(15)24-21(22)28)11-13-26(18)20(27)17-14-25-12-6-5-10-19(25)23-17/h3-6,8-10,12,14,18H,2,7,11,13H2,1H3,(H,24,28)/t18-,22-/m0/s1. The topological polar surface area (TPSA) is 66.7 Å². The largest absolute Gasteiger partial charge is 0.333 e. The van der Waals surface area contributed by atoms with Crippen LogP contribution in [0.25, 0.3) is 5.65 Å². The van der Waals surface area contributed by atoms with E-state index in [0.29, 0.717) is 18.7 Å². The highest BCUT2D eigenvalue weighted by Crippen LogP contribution is 2.49. The number of carbonyl (C=O) groups excluding carboxylic acids is 2. The highest BCUT2D eigenvalue weighted by Gasteiger charge is 2.58. The van der Waals surface area contributed by atoms with Crippen LogP contribution in [0.2, 0.25) is 0 Å².